The van der Waals surface area contributed by atoms with Crippen LogP contribution < -0.4 is 5.32 Å². The normalized spacial score (nSPS) is 13.2. The lowest BCUT2D eigenvalue weighted by Crippen LogP contribution is -2.14. The summed E-state index contributed by atoms with van der Waals surface area (Å²) in [5.74, 6) is -0.0778. The molecular formula is C21H23NO2S. The third-order valence-corrected chi connectivity index (χ3v) is 5.33. The Bertz CT molecular complexity index is 785. The Morgan fingerprint density at radius 3 is 2.60 bits per heavy atom. The summed E-state index contributed by atoms with van der Waals surface area (Å²) < 4.78 is 0. The number of anilines is 1. The lowest BCUT2D eigenvalue weighted by Gasteiger charge is -2.16. The fourth-order valence-electron chi connectivity index (χ4n) is 3.20. The zero-order chi connectivity index (χ0) is 17.6. The molecule has 0 fully saturated rings. The van der Waals surface area contributed by atoms with Crippen LogP contribution in [0.3, 0.4) is 0 Å². The van der Waals surface area contributed by atoms with E-state index in [4.69, 9.17) is 0 Å². The molecule has 0 aliphatic heterocycles. The quantitative estimate of drug-likeness (QED) is 0.594. The molecule has 130 valence electrons. The third-order valence-electron chi connectivity index (χ3n) is 4.60. The topological polar surface area (TPSA) is 46.2 Å². The first kappa shape index (κ1) is 17.7. The Hall–Kier alpha value is -2.07. The summed E-state index contributed by atoms with van der Waals surface area (Å²) in [6.07, 6.45) is 7.05. The van der Waals surface area contributed by atoms with Crippen molar-refractivity contribution in [2.24, 2.45) is 0 Å². The van der Waals surface area contributed by atoms with Gasteiger partial charge in [0.15, 0.2) is 5.78 Å². The van der Waals surface area contributed by atoms with E-state index in [2.05, 4.69) is 11.4 Å². The van der Waals surface area contributed by atoms with Gasteiger partial charge >= 0.3 is 0 Å². The fourth-order valence-corrected chi connectivity index (χ4v) is 3.66. The first-order valence-electron chi connectivity index (χ1n) is 8.74. The first-order valence-corrected chi connectivity index (χ1v) is 9.97. The molecule has 0 atom stereocenters. The number of hydrogen-bond donors (Lipinski definition) is 1. The van der Waals surface area contributed by atoms with E-state index in [0.29, 0.717) is 0 Å². The summed E-state index contributed by atoms with van der Waals surface area (Å²) in [6.45, 7) is 0. The minimum atomic E-state index is -0.121. The summed E-state index contributed by atoms with van der Waals surface area (Å²) in [5.41, 5.74) is 4.18. The Kier molecular flexibility index (Phi) is 5.92. The number of carbonyl (C=O) groups excluding carboxylic acids is 2. The molecule has 3 rings (SSSR count). The summed E-state index contributed by atoms with van der Waals surface area (Å²) >= 11 is 1.63. The van der Waals surface area contributed by atoms with Crippen LogP contribution in [-0.4, -0.2) is 17.9 Å². The number of hydrogen-bond acceptors (Lipinski definition) is 3. The monoisotopic (exact) mass is 353 g/mol. The molecule has 1 amide bonds. The standard InChI is InChI=1S/C21H23NO2S/c1-25-19-8-4-7-18(14-19)22-21(24)12-11-20(23)17-10-9-15-5-2-3-6-16(15)13-17/h4,7-10,13-14H,2-3,5-6,11-12H2,1H3,(H,22,24). The zero-order valence-electron chi connectivity index (χ0n) is 14.5. The van der Waals surface area contributed by atoms with Crippen molar-refractivity contribution >= 4 is 29.1 Å². The second-order valence-corrected chi connectivity index (χ2v) is 7.27. The predicted molar refractivity (Wildman–Crippen MR) is 104 cm³/mol. The molecule has 0 saturated heterocycles. The lowest BCUT2D eigenvalue weighted by atomic mass is 9.89. The van der Waals surface area contributed by atoms with Crippen molar-refractivity contribution in [1.82, 2.24) is 0 Å². The highest BCUT2D eigenvalue weighted by Crippen LogP contribution is 2.23. The molecule has 0 heterocycles. The van der Waals surface area contributed by atoms with E-state index in [0.717, 1.165) is 29.0 Å². The van der Waals surface area contributed by atoms with Gasteiger partial charge in [-0.3, -0.25) is 9.59 Å². The Labute approximate surface area is 153 Å². The van der Waals surface area contributed by atoms with Gasteiger partial charge in [0, 0.05) is 29.0 Å². The summed E-state index contributed by atoms with van der Waals surface area (Å²) in [5, 5.41) is 2.87. The van der Waals surface area contributed by atoms with Gasteiger partial charge in [-0.25, -0.2) is 0 Å². The van der Waals surface area contributed by atoms with Gasteiger partial charge in [-0.1, -0.05) is 18.2 Å². The molecule has 3 nitrogen and oxygen atoms in total. The van der Waals surface area contributed by atoms with Crippen LogP contribution in [-0.2, 0) is 17.6 Å². The van der Waals surface area contributed by atoms with Gasteiger partial charge in [0.25, 0.3) is 0 Å². The molecule has 2 aromatic rings. The highest BCUT2D eigenvalue weighted by molar-refractivity contribution is 7.98. The molecule has 0 spiro atoms. The van der Waals surface area contributed by atoms with Gasteiger partial charge in [0.2, 0.25) is 5.91 Å². The Morgan fingerprint density at radius 1 is 1.00 bits per heavy atom. The molecule has 1 N–H and O–H groups in total. The van der Waals surface area contributed by atoms with E-state index >= 15 is 0 Å². The largest absolute Gasteiger partial charge is 0.326 e. The van der Waals surface area contributed by atoms with E-state index in [1.807, 2.05) is 42.7 Å². The van der Waals surface area contributed by atoms with Gasteiger partial charge in [0.1, 0.15) is 0 Å². The van der Waals surface area contributed by atoms with Gasteiger partial charge in [-0.2, -0.15) is 0 Å². The molecule has 0 unspecified atom stereocenters. The van der Waals surface area contributed by atoms with Crippen molar-refractivity contribution in [2.75, 3.05) is 11.6 Å². The Morgan fingerprint density at radius 2 is 1.80 bits per heavy atom. The van der Waals surface area contributed by atoms with Crippen LogP contribution in [0.25, 0.3) is 0 Å². The molecular weight excluding hydrogens is 330 g/mol. The number of ketones is 1. The minimum Gasteiger partial charge on any atom is -0.326 e. The van der Waals surface area contributed by atoms with Gasteiger partial charge in [-0.15, -0.1) is 11.8 Å². The lowest BCUT2D eigenvalue weighted by molar-refractivity contribution is -0.116. The summed E-state index contributed by atoms with van der Waals surface area (Å²) in [7, 11) is 0. The van der Waals surface area contributed by atoms with Gasteiger partial charge < -0.3 is 5.32 Å². The zero-order valence-corrected chi connectivity index (χ0v) is 15.3. The van der Waals surface area contributed by atoms with Crippen LogP contribution in [0.4, 0.5) is 5.69 Å². The molecule has 0 radical (unpaired) electrons. The number of fused-ring (bicyclic) bond motifs is 1. The molecule has 1 aliphatic rings. The predicted octanol–water partition coefficient (Wildman–Crippen LogP) is 4.89. The SMILES string of the molecule is CSc1cccc(NC(=O)CCC(=O)c2ccc3c(c2)CCCC3)c1. The molecule has 0 saturated carbocycles. The summed E-state index contributed by atoms with van der Waals surface area (Å²) in [4.78, 5) is 25.6. The van der Waals surface area contributed by atoms with Gasteiger partial charge in [0.05, 0.1) is 0 Å². The number of nitrogens with one attached hydrogen (secondary N) is 1. The highest BCUT2D eigenvalue weighted by Gasteiger charge is 2.14. The fraction of sp³-hybridized carbons (Fsp3) is 0.333. The molecule has 2 aromatic carbocycles. The number of aryl methyl sites for hydroxylation is 2. The van der Waals surface area contributed by atoms with E-state index in [1.54, 1.807) is 11.8 Å². The molecule has 1 aliphatic carbocycles. The maximum Gasteiger partial charge on any atom is 0.224 e. The van der Waals surface area contributed by atoms with Crippen LogP contribution in [0.15, 0.2) is 47.4 Å². The molecule has 4 heteroatoms. The number of amides is 1. The number of thioether (sulfide) groups is 1. The molecule has 0 aromatic heterocycles. The number of carbonyl (C=O) groups is 2. The van der Waals surface area contributed by atoms with E-state index < -0.39 is 0 Å². The van der Waals surface area contributed by atoms with E-state index in [9.17, 15) is 9.59 Å². The van der Waals surface area contributed by atoms with Crippen LogP contribution >= 0.6 is 11.8 Å². The van der Waals surface area contributed by atoms with Crippen molar-refractivity contribution in [3.05, 3.63) is 59.2 Å². The smallest absolute Gasteiger partial charge is 0.224 e. The van der Waals surface area contributed by atoms with Crippen molar-refractivity contribution < 1.29 is 9.59 Å². The second-order valence-electron chi connectivity index (χ2n) is 6.39. The highest BCUT2D eigenvalue weighted by atomic mass is 32.2. The first-order chi connectivity index (χ1) is 12.2. The second kappa shape index (κ2) is 8.34. The molecule has 25 heavy (non-hydrogen) atoms. The van der Waals surface area contributed by atoms with Crippen molar-refractivity contribution in [3.63, 3.8) is 0 Å². The number of benzene rings is 2. The minimum absolute atomic E-state index is 0.0430. The van der Waals surface area contributed by atoms with Crippen LogP contribution in [0.2, 0.25) is 0 Å². The Balaban J connectivity index is 1.55. The van der Waals surface area contributed by atoms with Crippen LogP contribution in [0.5, 0.6) is 0 Å². The average Bonchev–Trinajstić information content (AvgIpc) is 2.65. The maximum atomic E-state index is 12.4. The molecule has 0 bridgehead atoms. The average molecular weight is 353 g/mol. The number of rotatable bonds is 6. The maximum absolute atomic E-state index is 12.4. The van der Waals surface area contributed by atoms with E-state index in [-0.39, 0.29) is 24.5 Å². The van der Waals surface area contributed by atoms with Crippen molar-refractivity contribution in [2.45, 2.75) is 43.4 Å². The van der Waals surface area contributed by atoms with Crippen molar-refractivity contribution in [1.29, 1.82) is 0 Å². The summed E-state index contributed by atoms with van der Waals surface area (Å²) in [6, 6.07) is 13.7. The number of Topliss-reactive ketones (excluding diaryl/α,β-unsaturated/α-hetero) is 1. The van der Waals surface area contributed by atoms with Crippen molar-refractivity contribution in [3.8, 4) is 0 Å². The van der Waals surface area contributed by atoms with Crippen LogP contribution in [0.1, 0.15) is 47.2 Å². The van der Waals surface area contributed by atoms with E-state index in [1.165, 1.54) is 24.0 Å². The van der Waals surface area contributed by atoms with Crippen LogP contribution in [0, 0.1) is 0 Å². The third kappa shape index (κ3) is 4.73. The van der Waals surface area contributed by atoms with Gasteiger partial charge in [-0.05, 0) is 67.3 Å².